The van der Waals surface area contributed by atoms with E-state index < -0.39 is 0 Å². The number of carbonyl (C=O) groups is 1. The average molecular weight is 1790 g/mol. The highest BCUT2D eigenvalue weighted by Gasteiger charge is 2.54. The quantitative estimate of drug-likeness (QED) is 0.0222. The second kappa shape index (κ2) is 58.1. The first-order valence-electron chi connectivity index (χ1n) is 51.7. The predicted molar refractivity (Wildman–Crippen MR) is 543 cm³/mol. The summed E-state index contributed by atoms with van der Waals surface area (Å²) >= 11 is 0. The van der Waals surface area contributed by atoms with Crippen LogP contribution < -0.4 is 23.7 Å². The molecular weight excluding hydrogens is 1610 g/mol. The highest BCUT2D eigenvalue weighted by molar-refractivity contribution is 5.69. The SMILES string of the molecule is CCC(C)c1ccc(O)cc1.CCC(C)c1ccc(O)cc1.CCC(C)c1ccc(OC(C)=O)cc1.CCC(C)c1ccc(OC(C)OC2CC3CC2C2CCCC32)cc1.CCC(C)c1ccc(OC(C)OCC2CCCCC2)cc1.CCC(C)c1ccc(OC(CC(C)(C)C)OC2CCCCC2)cc1.CCC(C)c1ccc(OC(CC(C)(C)C)OCC2CCCCC2)cc1. The fourth-order valence-electron chi connectivity index (χ4n) is 18.8. The average Bonchev–Trinajstić information content (AvgIpc) is 1.59. The lowest BCUT2D eigenvalue weighted by molar-refractivity contribution is -0.142. The van der Waals surface area contributed by atoms with E-state index >= 15 is 0 Å². The standard InChI is InChI=1S/C23H38O2.C22H32O2.C22H36O2.C19H30O2.C12H16O2.2C10H14O/c1-6-18(2)20-12-14-21(15-13-20)25-22(16-23(3,4)5)24-17-19-10-8-7-9-11-19;1-4-14(2)16-8-10-18(11-9-16)23-15(3)24-22-13-17-12-21(22)20-7-5-6-19(17)20;1-6-17(2)18-12-14-20(15-13-18)24-21(16-22(3,4)5)23-19-10-8-7-9-11-19;1-4-15(2)18-10-12-19(13-11-18)21-16(3)20-14-17-8-6-5-7-9-17;1-4-9(2)11-5-7-12(8-6-11)14-10(3)13;2*1-3-8(2)9-4-6-10(11)7-5-9/h12-15,18-19,22H,6-11,16-17H2,1-5H3;8-11,14-15,17,19-22H,4-7,12-13H2,1-3H3;12-15,17,19,21H,6-11,16H2,1-5H3;10-13,15-17H,4-9,14H2,1-3H3;5-9H,4H2,1-3H3;2*4-8,11H,3H2,1-2H3. The topological polar surface area (TPSA) is 141 Å². The van der Waals surface area contributed by atoms with Gasteiger partial charge in [-0.2, -0.15) is 0 Å². The molecule has 16 unspecified atom stereocenters. The molecule has 0 saturated heterocycles. The highest BCUT2D eigenvalue weighted by atomic mass is 16.7. The zero-order valence-corrected chi connectivity index (χ0v) is 85.5. The molecule has 6 saturated carbocycles. The van der Waals surface area contributed by atoms with Crippen LogP contribution in [0.25, 0.3) is 0 Å². The number of rotatable bonds is 35. The number of benzene rings is 7. The van der Waals surface area contributed by atoms with Crippen LogP contribution in [-0.2, 0) is 23.7 Å². The third kappa shape index (κ3) is 40.4. The lowest BCUT2D eigenvalue weighted by Gasteiger charge is -2.33. The Morgan fingerprint density at radius 2 is 0.623 bits per heavy atom. The number of hydrogen-bond acceptors (Lipinski definition) is 12. The smallest absolute Gasteiger partial charge is 0.308 e. The number of phenols is 2. The molecule has 6 fully saturated rings. The Morgan fingerprint density at radius 1 is 0.323 bits per heavy atom. The summed E-state index contributed by atoms with van der Waals surface area (Å²) < 4.78 is 54.1. The summed E-state index contributed by atoms with van der Waals surface area (Å²) in [5.74, 6) is 14.0. The molecule has 0 aliphatic heterocycles. The normalized spacial score (nSPS) is 20.5. The van der Waals surface area contributed by atoms with Gasteiger partial charge in [0, 0.05) is 19.8 Å². The first-order chi connectivity index (χ1) is 62.2. The van der Waals surface area contributed by atoms with Crippen molar-refractivity contribution < 1.29 is 57.6 Å². The fourth-order valence-corrected chi connectivity index (χ4v) is 18.8. The maximum Gasteiger partial charge on any atom is 0.308 e. The Hall–Kier alpha value is -7.35. The fraction of sp³-hybridized carbons (Fsp3) is 0.636. The summed E-state index contributed by atoms with van der Waals surface area (Å²) in [5.41, 5.74) is 9.78. The first-order valence-corrected chi connectivity index (χ1v) is 51.7. The third-order valence-corrected chi connectivity index (χ3v) is 28.6. The van der Waals surface area contributed by atoms with E-state index in [1.165, 1.54) is 187 Å². The Morgan fingerprint density at radius 3 is 0.969 bits per heavy atom. The largest absolute Gasteiger partial charge is 0.508 e. The minimum atomic E-state index is -0.277. The lowest BCUT2D eigenvalue weighted by Crippen LogP contribution is -2.34. The minimum absolute atomic E-state index is 0.149. The van der Waals surface area contributed by atoms with E-state index in [-0.39, 0.29) is 42.0 Å². The van der Waals surface area contributed by atoms with Crippen molar-refractivity contribution in [3.8, 4) is 40.2 Å². The molecule has 12 heteroatoms. The van der Waals surface area contributed by atoms with E-state index in [0.29, 0.717) is 76.8 Å². The van der Waals surface area contributed by atoms with Gasteiger partial charge in [-0.05, 0) is 335 Å². The van der Waals surface area contributed by atoms with Crippen molar-refractivity contribution in [2.75, 3.05) is 13.2 Å². The van der Waals surface area contributed by atoms with Crippen molar-refractivity contribution in [2.45, 2.75) is 424 Å². The maximum atomic E-state index is 10.7. The van der Waals surface area contributed by atoms with Crippen LogP contribution in [0.4, 0.5) is 0 Å². The van der Waals surface area contributed by atoms with E-state index in [1.54, 1.807) is 24.3 Å². The Balaban J connectivity index is 0.000000212. The molecule has 0 heterocycles. The molecule has 130 heavy (non-hydrogen) atoms. The van der Waals surface area contributed by atoms with E-state index in [0.717, 1.165) is 111 Å². The van der Waals surface area contributed by atoms with Crippen LogP contribution in [0.1, 0.15) is 426 Å². The van der Waals surface area contributed by atoms with Gasteiger partial charge in [0.25, 0.3) is 0 Å². The first kappa shape index (κ1) is 110. The number of fused-ring (bicyclic) bond motifs is 5. The van der Waals surface area contributed by atoms with Crippen LogP contribution in [0.3, 0.4) is 0 Å². The molecule has 724 valence electrons. The van der Waals surface area contributed by atoms with Crippen molar-refractivity contribution in [1.29, 1.82) is 0 Å². The van der Waals surface area contributed by atoms with Crippen molar-refractivity contribution in [3.63, 3.8) is 0 Å². The number of aromatic hydroxyl groups is 2. The highest BCUT2D eigenvalue weighted by Crippen LogP contribution is 2.60. The second-order valence-electron chi connectivity index (χ2n) is 41.7. The molecule has 0 amide bonds. The minimum Gasteiger partial charge on any atom is -0.508 e. The van der Waals surface area contributed by atoms with Gasteiger partial charge in [-0.25, -0.2) is 0 Å². The van der Waals surface area contributed by atoms with Gasteiger partial charge in [-0.15, -0.1) is 0 Å². The summed E-state index contributed by atoms with van der Waals surface area (Å²) in [6, 6.07) is 56.7. The van der Waals surface area contributed by atoms with Gasteiger partial charge in [0.15, 0.2) is 18.9 Å². The van der Waals surface area contributed by atoms with Crippen molar-refractivity contribution in [2.24, 2.45) is 46.3 Å². The van der Waals surface area contributed by atoms with Gasteiger partial charge in [0.2, 0.25) is 6.29 Å². The Labute approximate surface area is 791 Å². The van der Waals surface area contributed by atoms with E-state index in [2.05, 4.69) is 242 Å². The molecule has 16 atom stereocenters. The van der Waals surface area contributed by atoms with Crippen LogP contribution >= 0.6 is 0 Å². The zero-order valence-electron chi connectivity index (χ0n) is 85.5. The molecule has 2 bridgehead atoms. The van der Waals surface area contributed by atoms with Crippen molar-refractivity contribution >= 4 is 5.97 Å². The lowest BCUT2D eigenvalue weighted by atomic mass is 9.80. The van der Waals surface area contributed by atoms with E-state index in [4.69, 9.17) is 52.8 Å². The summed E-state index contributed by atoms with van der Waals surface area (Å²) in [6.07, 6.45) is 36.9. The Kier molecular flexibility index (Phi) is 49.0. The summed E-state index contributed by atoms with van der Waals surface area (Å²) in [4.78, 5) is 10.7. The Bertz CT molecular complexity index is 4040. The van der Waals surface area contributed by atoms with Crippen LogP contribution in [0, 0.1) is 46.3 Å². The molecule has 6 aliphatic rings. The number of carbonyl (C=O) groups excluding carboxylic acids is 1. The van der Waals surface area contributed by atoms with Crippen LogP contribution in [0.2, 0.25) is 0 Å². The molecule has 0 spiro atoms. The van der Waals surface area contributed by atoms with Crippen LogP contribution in [-0.4, -0.2) is 66.8 Å². The van der Waals surface area contributed by atoms with E-state index in [9.17, 15) is 4.79 Å². The molecular formula is C118H180O12. The predicted octanol–water partition coefficient (Wildman–Crippen LogP) is 33.9. The molecule has 7 aromatic rings. The zero-order chi connectivity index (χ0) is 94.7. The number of ether oxygens (including phenoxy) is 9. The summed E-state index contributed by atoms with van der Waals surface area (Å²) in [6.45, 7) is 51.6. The second-order valence-corrected chi connectivity index (χ2v) is 41.7. The molecule has 2 N–H and O–H groups in total. The van der Waals surface area contributed by atoms with E-state index in [1.807, 2.05) is 55.5 Å². The van der Waals surface area contributed by atoms with Crippen molar-refractivity contribution in [1.82, 2.24) is 0 Å². The van der Waals surface area contributed by atoms with Gasteiger partial charge in [0.05, 0.1) is 25.4 Å². The molecule has 13 rings (SSSR count). The number of esters is 1. The number of hydrogen-bond donors (Lipinski definition) is 2. The molecule has 7 aromatic carbocycles. The van der Waals surface area contributed by atoms with Crippen LogP contribution in [0.5, 0.6) is 40.2 Å². The van der Waals surface area contributed by atoms with Gasteiger partial charge >= 0.3 is 5.97 Å². The molecule has 0 radical (unpaired) electrons. The van der Waals surface area contributed by atoms with Gasteiger partial charge in [-0.3, -0.25) is 4.79 Å². The molecule has 12 nitrogen and oxygen atoms in total. The summed E-state index contributed by atoms with van der Waals surface area (Å²) in [5, 5.41) is 18.0. The number of phenolic OH excluding ortho intramolecular Hbond substituents is 2. The summed E-state index contributed by atoms with van der Waals surface area (Å²) in [7, 11) is 0. The molecule has 0 aromatic heterocycles. The van der Waals surface area contributed by atoms with Crippen LogP contribution in [0.15, 0.2) is 170 Å². The molecule has 6 aliphatic carbocycles. The third-order valence-electron chi connectivity index (χ3n) is 28.6. The van der Waals surface area contributed by atoms with Gasteiger partial charge in [0.1, 0.15) is 40.2 Å². The van der Waals surface area contributed by atoms with Gasteiger partial charge in [-0.1, -0.05) is 288 Å². The van der Waals surface area contributed by atoms with Crippen molar-refractivity contribution in [3.05, 3.63) is 209 Å². The maximum absolute atomic E-state index is 10.7. The monoisotopic (exact) mass is 1790 g/mol. The van der Waals surface area contributed by atoms with Gasteiger partial charge < -0.3 is 52.8 Å².